The Kier molecular flexibility index (Phi) is 5.58. The highest BCUT2D eigenvalue weighted by atomic mass is 16.7. The molecule has 160 valence electrons. The minimum Gasteiger partial charge on any atom is -0.497 e. The predicted octanol–water partition coefficient (Wildman–Crippen LogP) is 4.14. The second-order valence-electron chi connectivity index (χ2n) is 7.83. The van der Waals surface area contributed by atoms with Crippen molar-refractivity contribution < 1.29 is 28.5 Å². The first-order valence-corrected chi connectivity index (χ1v) is 9.99. The molecule has 30 heavy (non-hydrogen) atoms. The predicted molar refractivity (Wildman–Crippen MR) is 111 cm³/mol. The van der Waals surface area contributed by atoms with Crippen LogP contribution in [-0.2, 0) is 20.8 Å². The number of carbonyl (C=O) groups is 1. The first-order valence-electron chi connectivity index (χ1n) is 9.99. The Balaban J connectivity index is 1.51. The lowest BCUT2D eigenvalue weighted by Gasteiger charge is -2.44. The average Bonchev–Trinajstić information content (AvgIpc) is 3.03. The number of rotatable bonds is 6. The Labute approximate surface area is 176 Å². The van der Waals surface area contributed by atoms with Gasteiger partial charge in [-0.3, -0.25) is 4.90 Å². The summed E-state index contributed by atoms with van der Waals surface area (Å²) in [5.41, 5.74) is 1.19. The molecular weight excluding hydrogens is 386 g/mol. The third-order valence-corrected chi connectivity index (χ3v) is 5.83. The summed E-state index contributed by atoms with van der Waals surface area (Å²) in [4.78, 5) is 14.5. The molecule has 2 aliphatic heterocycles. The Morgan fingerprint density at radius 1 is 1.03 bits per heavy atom. The van der Waals surface area contributed by atoms with Crippen LogP contribution in [0.15, 0.2) is 48.5 Å². The molecular formula is C23H27NO6. The molecule has 4 rings (SSSR count). The average molecular weight is 413 g/mol. The smallest absolute Gasteiger partial charge is 0.415 e. The van der Waals surface area contributed by atoms with E-state index in [0.29, 0.717) is 13.0 Å². The van der Waals surface area contributed by atoms with Crippen LogP contribution in [0.5, 0.6) is 11.5 Å². The quantitative estimate of drug-likeness (QED) is 0.709. The molecule has 0 radical (unpaired) electrons. The second kappa shape index (κ2) is 8.16. The number of hydrogen-bond donors (Lipinski definition) is 0. The summed E-state index contributed by atoms with van der Waals surface area (Å²) in [7, 11) is 3.25. The van der Waals surface area contributed by atoms with Gasteiger partial charge >= 0.3 is 6.09 Å². The minimum atomic E-state index is -0.589. The number of nitrogens with zero attached hydrogens (tertiary/aromatic N) is 1. The molecule has 7 nitrogen and oxygen atoms in total. The van der Waals surface area contributed by atoms with Crippen LogP contribution < -0.4 is 14.4 Å². The Morgan fingerprint density at radius 2 is 1.63 bits per heavy atom. The Bertz CT molecular complexity index is 884. The van der Waals surface area contributed by atoms with Gasteiger partial charge in [0, 0.05) is 12.1 Å². The largest absolute Gasteiger partial charge is 0.497 e. The van der Waals surface area contributed by atoms with Crippen molar-refractivity contribution in [3.05, 3.63) is 54.1 Å². The second-order valence-corrected chi connectivity index (χ2v) is 7.83. The molecule has 1 amide bonds. The van der Waals surface area contributed by atoms with Gasteiger partial charge in [0.2, 0.25) is 0 Å². The van der Waals surface area contributed by atoms with Gasteiger partial charge in [0.05, 0.1) is 32.5 Å². The van der Waals surface area contributed by atoms with Crippen molar-refractivity contribution in [3.8, 4) is 11.5 Å². The van der Waals surface area contributed by atoms with Crippen LogP contribution in [-0.4, -0.2) is 44.3 Å². The standard InChI is InChI=1S/C23H27NO6/c1-15-21-23(2,24(22(25)30-21)17-7-11-19(27-4)12-8-17)13-20(29-15)28-14-16-5-9-18(26-3)10-6-16/h5-12,15,20-21H,13-14H2,1-4H3/t15-,20+,21+,23-/m0/s1. The number of amides is 1. The van der Waals surface area contributed by atoms with Crippen LogP contribution in [0.1, 0.15) is 25.8 Å². The van der Waals surface area contributed by atoms with Gasteiger partial charge in [-0.15, -0.1) is 0 Å². The molecule has 0 aliphatic carbocycles. The molecule has 0 unspecified atom stereocenters. The highest BCUT2D eigenvalue weighted by Crippen LogP contribution is 2.44. The number of carbonyl (C=O) groups excluding carboxylic acids is 1. The van der Waals surface area contributed by atoms with E-state index in [2.05, 4.69) is 0 Å². The van der Waals surface area contributed by atoms with Crippen molar-refractivity contribution in [2.24, 2.45) is 0 Å². The summed E-state index contributed by atoms with van der Waals surface area (Å²) in [5.74, 6) is 1.53. The highest BCUT2D eigenvalue weighted by molar-refractivity contribution is 5.92. The van der Waals surface area contributed by atoms with E-state index in [-0.39, 0.29) is 18.3 Å². The SMILES string of the molecule is COc1ccc(CO[C@H]2C[C@@]3(C)[C@H](OC(=O)N3c3ccc(OC)cc3)[C@H](C)O2)cc1. The lowest BCUT2D eigenvalue weighted by Crippen LogP contribution is -2.59. The third-order valence-electron chi connectivity index (χ3n) is 5.83. The summed E-state index contributed by atoms with van der Waals surface area (Å²) in [6, 6.07) is 15.1. The summed E-state index contributed by atoms with van der Waals surface area (Å²) >= 11 is 0. The lowest BCUT2D eigenvalue weighted by atomic mass is 9.84. The van der Waals surface area contributed by atoms with Crippen LogP contribution in [0.4, 0.5) is 10.5 Å². The van der Waals surface area contributed by atoms with Crippen LogP contribution >= 0.6 is 0 Å². The van der Waals surface area contributed by atoms with Crippen molar-refractivity contribution >= 4 is 11.8 Å². The van der Waals surface area contributed by atoms with Gasteiger partial charge in [-0.05, 0) is 55.8 Å². The zero-order chi connectivity index (χ0) is 21.3. The molecule has 0 bridgehead atoms. The van der Waals surface area contributed by atoms with E-state index in [0.717, 1.165) is 22.7 Å². The molecule has 0 N–H and O–H groups in total. The van der Waals surface area contributed by atoms with Gasteiger partial charge < -0.3 is 23.7 Å². The molecule has 2 saturated heterocycles. The number of methoxy groups -OCH3 is 2. The van der Waals surface area contributed by atoms with Gasteiger partial charge in [-0.1, -0.05) is 12.1 Å². The molecule has 2 aliphatic rings. The van der Waals surface area contributed by atoms with Gasteiger partial charge in [0.1, 0.15) is 11.5 Å². The molecule has 0 spiro atoms. The molecule has 2 aromatic carbocycles. The van der Waals surface area contributed by atoms with Crippen LogP contribution in [0.25, 0.3) is 0 Å². The number of anilines is 1. The van der Waals surface area contributed by atoms with E-state index >= 15 is 0 Å². The van der Waals surface area contributed by atoms with Gasteiger partial charge in [-0.25, -0.2) is 4.79 Å². The van der Waals surface area contributed by atoms with E-state index in [1.807, 2.05) is 62.4 Å². The van der Waals surface area contributed by atoms with Gasteiger partial charge in [0.15, 0.2) is 12.4 Å². The monoisotopic (exact) mass is 413 g/mol. The fraction of sp³-hybridized carbons (Fsp3) is 0.435. The maximum Gasteiger partial charge on any atom is 0.415 e. The van der Waals surface area contributed by atoms with E-state index in [4.69, 9.17) is 23.7 Å². The molecule has 2 heterocycles. The molecule has 7 heteroatoms. The number of fused-ring (bicyclic) bond motifs is 1. The Hall–Kier alpha value is -2.77. The fourth-order valence-electron chi connectivity index (χ4n) is 4.27. The zero-order valence-corrected chi connectivity index (χ0v) is 17.7. The molecule has 2 aromatic rings. The van der Waals surface area contributed by atoms with Crippen molar-refractivity contribution in [1.29, 1.82) is 0 Å². The topological polar surface area (TPSA) is 66.5 Å². The van der Waals surface area contributed by atoms with E-state index in [1.165, 1.54) is 0 Å². The van der Waals surface area contributed by atoms with Crippen molar-refractivity contribution in [1.82, 2.24) is 0 Å². The number of hydrogen-bond acceptors (Lipinski definition) is 6. The first-order chi connectivity index (χ1) is 14.4. The van der Waals surface area contributed by atoms with E-state index in [9.17, 15) is 4.79 Å². The normalized spacial score (nSPS) is 28.1. The first kappa shape index (κ1) is 20.5. The van der Waals surface area contributed by atoms with Crippen LogP contribution in [0.3, 0.4) is 0 Å². The Morgan fingerprint density at radius 3 is 2.23 bits per heavy atom. The zero-order valence-electron chi connectivity index (χ0n) is 17.7. The van der Waals surface area contributed by atoms with Crippen LogP contribution in [0, 0.1) is 0 Å². The lowest BCUT2D eigenvalue weighted by molar-refractivity contribution is -0.231. The number of ether oxygens (including phenoxy) is 5. The maximum absolute atomic E-state index is 12.8. The molecule has 0 saturated carbocycles. The number of benzene rings is 2. The minimum absolute atomic E-state index is 0.295. The summed E-state index contributed by atoms with van der Waals surface area (Å²) in [6.07, 6.45) is -1.02. The molecule has 2 fully saturated rings. The van der Waals surface area contributed by atoms with E-state index in [1.54, 1.807) is 19.1 Å². The summed E-state index contributed by atoms with van der Waals surface area (Å²) < 4.78 is 28.2. The van der Waals surface area contributed by atoms with Gasteiger partial charge in [0.25, 0.3) is 0 Å². The maximum atomic E-state index is 12.8. The highest BCUT2D eigenvalue weighted by Gasteiger charge is 2.58. The van der Waals surface area contributed by atoms with E-state index < -0.39 is 11.8 Å². The van der Waals surface area contributed by atoms with Crippen molar-refractivity contribution in [2.45, 2.75) is 50.9 Å². The fourth-order valence-corrected chi connectivity index (χ4v) is 4.27. The molecule has 4 atom stereocenters. The van der Waals surface area contributed by atoms with Crippen LogP contribution in [0.2, 0.25) is 0 Å². The third kappa shape index (κ3) is 3.70. The molecule has 0 aromatic heterocycles. The summed E-state index contributed by atoms with van der Waals surface area (Å²) in [6.45, 7) is 4.34. The van der Waals surface area contributed by atoms with Crippen molar-refractivity contribution in [3.63, 3.8) is 0 Å². The summed E-state index contributed by atoms with van der Waals surface area (Å²) in [5, 5.41) is 0. The van der Waals surface area contributed by atoms with Crippen molar-refractivity contribution in [2.75, 3.05) is 19.1 Å². The van der Waals surface area contributed by atoms with Gasteiger partial charge in [-0.2, -0.15) is 0 Å².